The van der Waals surface area contributed by atoms with Crippen molar-refractivity contribution in [2.45, 2.75) is 13.5 Å². The Labute approximate surface area is 212 Å². The Morgan fingerprint density at radius 3 is 2.27 bits per heavy atom. The number of pyridine rings is 1. The molecule has 9 nitrogen and oxygen atoms in total. The van der Waals surface area contributed by atoms with E-state index >= 15 is 0 Å². The fraction of sp³-hybridized carbons (Fsp3) is 0.0714. The predicted molar refractivity (Wildman–Crippen MR) is 139 cm³/mol. The molecule has 0 fully saturated rings. The summed E-state index contributed by atoms with van der Waals surface area (Å²) in [7, 11) is 0. The number of anilines is 1. The third-order valence-corrected chi connectivity index (χ3v) is 5.78. The molecule has 0 aliphatic carbocycles. The average Bonchev–Trinajstić information content (AvgIpc) is 3.36. The van der Waals surface area contributed by atoms with Gasteiger partial charge in [-0.05, 0) is 24.6 Å². The lowest BCUT2D eigenvalue weighted by atomic mass is 9.95. The molecular weight excluding hydrogens is 466 g/mol. The molecule has 0 aliphatic rings. The minimum absolute atomic E-state index is 0.0837. The number of rotatable bonds is 6. The first-order chi connectivity index (χ1) is 18.1. The Balaban J connectivity index is 1.74. The fourth-order valence-corrected chi connectivity index (χ4v) is 4.05. The lowest BCUT2D eigenvalue weighted by Gasteiger charge is -2.17. The van der Waals surface area contributed by atoms with Gasteiger partial charge >= 0.3 is 0 Å². The minimum Gasteiger partial charge on any atom is -0.305 e. The highest BCUT2D eigenvalue weighted by molar-refractivity contribution is 6.10. The molecule has 2 aromatic carbocycles. The first-order valence-corrected chi connectivity index (χ1v) is 11.6. The second kappa shape index (κ2) is 10.1. The van der Waals surface area contributed by atoms with Crippen LogP contribution in [-0.4, -0.2) is 30.5 Å². The lowest BCUT2D eigenvalue weighted by molar-refractivity contribution is 0.102. The van der Waals surface area contributed by atoms with E-state index in [1.807, 2.05) is 66.7 Å². The minimum atomic E-state index is -0.681. The van der Waals surface area contributed by atoms with E-state index in [0.717, 1.165) is 5.56 Å². The fourth-order valence-electron chi connectivity index (χ4n) is 4.05. The summed E-state index contributed by atoms with van der Waals surface area (Å²) in [4.78, 5) is 31.8. The molecule has 0 spiro atoms. The van der Waals surface area contributed by atoms with E-state index in [9.17, 15) is 14.9 Å². The number of aryl methyl sites for hydroxylation is 1. The van der Waals surface area contributed by atoms with Crippen LogP contribution in [0.2, 0.25) is 0 Å². The summed E-state index contributed by atoms with van der Waals surface area (Å²) >= 11 is 0. The van der Waals surface area contributed by atoms with Gasteiger partial charge in [-0.3, -0.25) is 9.59 Å². The van der Waals surface area contributed by atoms with Gasteiger partial charge in [0.1, 0.15) is 17.2 Å². The highest BCUT2D eigenvalue weighted by Gasteiger charge is 2.27. The molecule has 0 atom stereocenters. The topological polar surface area (TPSA) is 118 Å². The van der Waals surface area contributed by atoms with Gasteiger partial charge < -0.3 is 5.32 Å². The van der Waals surface area contributed by atoms with Crippen molar-refractivity contribution in [3.63, 3.8) is 0 Å². The molecule has 0 unspecified atom stereocenters. The van der Waals surface area contributed by atoms with Crippen LogP contribution in [0.1, 0.15) is 22.8 Å². The van der Waals surface area contributed by atoms with Crippen LogP contribution < -0.4 is 10.9 Å². The maximum absolute atomic E-state index is 13.9. The quantitative estimate of drug-likeness (QED) is 0.381. The summed E-state index contributed by atoms with van der Waals surface area (Å²) < 4.78 is 2.63. The number of nitriles is 1. The maximum Gasteiger partial charge on any atom is 0.280 e. The Bertz CT molecular complexity index is 1670. The number of carbonyl (C=O) groups excluding carboxylic acids is 1. The summed E-state index contributed by atoms with van der Waals surface area (Å²) in [6.45, 7) is 2.06. The zero-order chi connectivity index (χ0) is 25.8. The van der Waals surface area contributed by atoms with Crippen LogP contribution in [0.15, 0.2) is 96.1 Å². The van der Waals surface area contributed by atoms with E-state index in [0.29, 0.717) is 22.6 Å². The SMILES string of the molecule is CCn1nc(-c2ccccc2)c(-c2ccccc2)c(C(=O)Nc2c(C#N)cnn2-c2ccccn2)c1=O. The van der Waals surface area contributed by atoms with Crippen molar-refractivity contribution < 1.29 is 4.79 Å². The van der Waals surface area contributed by atoms with Gasteiger partial charge in [0.15, 0.2) is 11.6 Å². The summed E-state index contributed by atoms with van der Waals surface area (Å²) in [5, 5.41) is 21.3. The van der Waals surface area contributed by atoms with Gasteiger partial charge in [-0.25, -0.2) is 9.67 Å². The number of aromatic nitrogens is 5. The van der Waals surface area contributed by atoms with Crippen LogP contribution in [0.4, 0.5) is 5.82 Å². The van der Waals surface area contributed by atoms with Crippen molar-refractivity contribution in [3.8, 4) is 34.3 Å². The van der Waals surface area contributed by atoms with Crippen LogP contribution in [0.25, 0.3) is 28.2 Å². The normalized spacial score (nSPS) is 10.6. The highest BCUT2D eigenvalue weighted by Crippen LogP contribution is 2.32. The highest BCUT2D eigenvalue weighted by atomic mass is 16.2. The Hall–Kier alpha value is -5.36. The summed E-state index contributed by atoms with van der Waals surface area (Å²) in [6.07, 6.45) is 2.92. The van der Waals surface area contributed by atoms with Crippen LogP contribution in [0.3, 0.4) is 0 Å². The van der Waals surface area contributed by atoms with E-state index < -0.39 is 11.5 Å². The Morgan fingerprint density at radius 2 is 1.65 bits per heavy atom. The van der Waals surface area contributed by atoms with Crippen molar-refractivity contribution in [1.29, 1.82) is 5.26 Å². The first kappa shape index (κ1) is 23.4. The standard InChI is InChI=1S/C28H21N7O2/c1-2-34-28(37)24(23(19-11-5-3-6-12-19)25(33-34)20-13-7-4-8-14-20)27(36)32-26-21(17-29)18-31-35(26)22-15-9-10-16-30-22/h3-16,18H,2H2,1H3,(H,32,36). The zero-order valence-corrected chi connectivity index (χ0v) is 19.9. The van der Waals surface area contributed by atoms with Gasteiger partial charge in [0.05, 0.1) is 11.9 Å². The molecule has 0 radical (unpaired) electrons. The predicted octanol–water partition coefficient (Wildman–Crippen LogP) is 4.30. The number of hydrogen-bond donors (Lipinski definition) is 1. The molecule has 0 saturated carbocycles. The summed E-state index contributed by atoms with van der Waals surface area (Å²) in [6, 6.07) is 25.8. The molecule has 5 rings (SSSR count). The van der Waals surface area contributed by atoms with Crippen molar-refractivity contribution in [3.05, 3.63) is 113 Å². The van der Waals surface area contributed by atoms with Crippen molar-refractivity contribution >= 4 is 11.7 Å². The van der Waals surface area contributed by atoms with Crippen LogP contribution in [-0.2, 0) is 6.54 Å². The molecule has 5 aromatic rings. The van der Waals surface area contributed by atoms with E-state index in [4.69, 9.17) is 0 Å². The first-order valence-electron chi connectivity index (χ1n) is 11.6. The van der Waals surface area contributed by atoms with Gasteiger partial charge in [0.25, 0.3) is 11.5 Å². The summed E-state index contributed by atoms with van der Waals surface area (Å²) in [5.41, 5.74) is 1.83. The third kappa shape index (κ3) is 4.39. The lowest BCUT2D eigenvalue weighted by Crippen LogP contribution is -2.33. The molecular formula is C28H21N7O2. The second-order valence-corrected chi connectivity index (χ2v) is 8.02. The second-order valence-electron chi connectivity index (χ2n) is 8.02. The maximum atomic E-state index is 13.9. The van der Waals surface area contributed by atoms with Crippen LogP contribution in [0.5, 0.6) is 0 Å². The molecule has 1 amide bonds. The molecule has 0 saturated heterocycles. The molecule has 180 valence electrons. The number of amides is 1. The number of hydrogen-bond acceptors (Lipinski definition) is 6. The Kier molecular flexibility index (Phi) is 6.38. The molecule has 9 heteroatoms. The van der Waals surface area contributed by atoms with E-state index in [-0.39, 0.29) is 23.5 Å². The number of benzene rings is 2. The molecule has 3 aromatic heterocycles. The van der Waals surface area contributed by atoms with Crippen molar-refractivity contribution in [2.75, 3.05) is 5.32 Å². The van der Waals surface area contributed by atoms with E-state index in [2.05, 4.69) is 20.5 Å². The van der Waals surface area contributed by atoms with E-state index in [1.165, 1.54) is 15.6 Å². The van der Waals surface area contributed by atoms with Crippen LogP contribution in [0, 0.1) is 11.3 Å². The largest absolute Gasteiger partial charge is 0.305 e. The van der Waals surface area contributed by atoms with Gasteiger partial charge in [0, 0.05) is 23.9 Å². The smallest absolute Gasteiger partial charge is 0.280 e. The van der Waals surface area contributed by atoms with Crippen LogP contribution >= 0.6 is 0 Å². The number of nitrogens with zero attached hydrogens (tertiary/aromatic N) is 6. The molecule has 1 N–H and O–H groups in total. The van der Waals surface area contributed by atoms with Crippen molar-refractivity contribution in [1.82, 2.24) is 24.5 Å². The molecule has 0 bridgehead atoms. The third-order valence-electron chi connectivity index (χ3n) is 5.78. The van der Waals surface area contributed by atoms with Gasteiger partial charge in [-0.15, -0.1) is 0 Å². The zero-order valence-electron chi connectivity index (χ0n) is 19.9. The Morgan fingerprint density at radius 1 is 0.973 bits per heavy atom. The summed E-state index contributed by atoms with van der Waals surface area (Å²) in [5.74, 6) is -0.154. The van der Waals surface area contributed by atoms with Gasteiger partial charge in [-0.1, -0.05) is 66.7 Å². The average molecular weight is 488 g/mol. The molecule has 3 heterocycles. The monoisotopic (exact) mass is 487 g/mol. The van der Waals surface area contributed by atoms with Crippen molar-refractivity contribution in [2.24, 2.45) is 0 Å². The van der Waals surface area contributed by atoms with E-state index in [1.54, 1.807) is 31.3 Å². The number of nitrogens with one attached hydrogen (secondary N) is 1. The molecule has 37 heavy (non-hydrogen) atoms. The van der Waals surface area contributed by atoms with Gasteiger partial charge in [-0.2, -0.15) is 20.1 Å². The van der Waals surface area contributed by atoms with Gasteiger partial charge in [0.2, 0.25) is 0 Å². The molecule has 0 aliphatic heterocycles. The number of carbonyl (C=O) groups is 1.